The summed E-state index contributed by atoms with van der Waals surface area (Å²) in [6, 6.07) is 14.0. The van der Waals surface area contributed by atoms with Crippen molar-refractivity contribution in [1.29, 1.82) is 0 Å². The predicted molar refractivity (Wildman–Crippen MR) is 106 cm³/mol. The molecule has 27 heavy (non-hydrogen) atoms. The van der Waals surface area contributed by atoms with Gasteiger partial charge in [-0.05, 0) is 56.9 Å². The molecule has 0 saturated carbocycles. The van der Waals surface area contributed by atoms with Crippen molar-refractivity contribution in [2.24, 2.45) is 0 Å². The van der Waals surface area contributed by atoms with Crippen molar-refractivity contribution in [3.63, 3.8) is 0 Å². The number of furan rings is 1. The lowest BCUT2D eigenvalue weighted by atomic mass is 10.0. The first-order valence-electron chi connectivity index (χ1n) is 9.35. The minimum Gasteiger partial charge on any atom is -0.467 e. The van der Waals surface area contributed by atoms with Gasteiger partial charge in [-0.3, -0.25) is 9.36 Å². The molecular formula is C21H23N3O2S. The molecular weight excluding hydrogens is 358 g/mol. The molecule has 1 aromatic carbocycles. The minimum atomic E-state index is -0.244. The van der Waals surface area contributed by atoms with Gasteiger partial charge in [0.05, 0.1) is 23.8 Å². The number of aryl methyl sites for hydroxylation is 1. The van der Waals surface area contributed by atoms with Gasteiger partial charge in [0.1, 0.15) is 5.76 Å². The van der Waals surface area contributed by atoms with Crippen LogP contribution in [0.25, 0.3) is 5.69 Å². The molecule has 1 amide bonds. The maximum atomic E-state index is 12.5. The Balaban J connectivity index is 1.54. The second-order valence-electron chi connectivity index (χ2n) is 6.72. The average Bonchev–Trinajstić information content (AvgIpc) is 3.34. The van der Waals surface area contributed by atoms with Crippen molar-refractivity contribution in [2.75, 3.05) is 0 Å². The van der Waals surface area contributed by atoms with Crippen LogP contribution in [0, 0.1) is 0 Å². The Morgan fingerprint density at radius 2 is 2.04 bits per heavy atom. The fraction of sp³-hybridized carbons (Fsp3) is 0.333. The standard InChI is InChI=1S/C21H23N3O2S/c1-15(20(25)22-14-17-10-7-13-26-17)27-21-23-18-11-5-6-12-19(18)24(21)16-8-3-2-4-9-16/h2-4,7-10,13,15H,5-6,11-12,14H2,1H3,(H,22,25)/t15-/m1/s1. The number of thioether (sulfide) groups is 1. The highest BCUT2D eigenvalue weighted by Crippen LogP contribution is 2.32. The van der Waals surface area contributed by atoms with Crippen LogP contribution in [0.15, 0.2) is 58.3 Å². The third-order valence-corrected chi connectivity index (χ3v) is 5.84. The molecule has 1 atom stereocenters. The maximum Gasteiger partial charge on any atom is 0.233 e. The normalized spacial score (nSPS) is 14.6. The highest BCUT2D eigenvalue weighted by Gasteiger charge is 2.24. The van der Waals surface area contributed by atoms with Crippen LogP contribution in [0.5, 0.6) is 0 Å². The summed E-state index contributed by atoms with van der Waals surface area (Å²) >= 11 is 1.51. The molecule has 0 bridgehead atoms. The Morgan fingerprint density at radius 3 is 2.81 bits per heavy atom. The van der Waals surface area contributed by atoms with Gasteiger partial charge >= 0.3 is 0 Å². The number of nitrogens with zero attached hydrogens (tertiary/aromatic N) is 2. The van der Waals surface area contributed by atoms with Crippen molar-refractivity contribution in [3.05, 3.63) is 65.9 Å². The summed E-state index contributed by atoms with van der Waals surface area (Å²) < 4.78 is 7.51. The molecule has 0 fully saturated rings. The van der Waals surface area contributed by atoms with E-state index in [1.54, 1.807) is 6.26 Å². The number of imidazole rings is 1. The van der Waals surface area contributed by atoms with Crippen molar-refractivity contribution >= 4 is 17.7 Å². The number of amides is 1. The molecule has 140 valence electrons. The molecule has 5 nitrogen and oxygen atoms in total. The molecule has 0 radical (unpaired) electrons. The van der Waals surface area contributed by atoms with Gasteiger partial charge in [-0.25, -0.2) is 4.98 Å². The summed E-state index contributed by atoms with van der Waals surface area (Å²) in [7, 11) is 0. The summed E-state index contributed by atoms with van der Waals surface area (Å²) in [6.07, 6.45) is 6.04. The maximum absolute atomic E-state index is 12.5. The number of aromatic nitrogens is 2. The van der Waals surface area contributed by atoms with Crippen LogP contribution in [0.2, 0.25) is 0 Å². The summed E-state index contributed by atoms with van der Waals surface area (Å²) in [5.41, 5.74) is 3.58. The van der Waals surface area contributed by atoms with Gasteiger partial charge in [0, 0.05) is 11.4 Å². The van der Waals surface area contributed by atoms with E-state index in [4.69, 9.17) is 9.40 Å². The van der Waals surface area contributed by atoms with Crippen LogP contribution in [0.1, 0.15) is 36.9 Å². The van der Waals surface area contributed by atoms with E-state index in [-0.39, 0.29) is 11.2 Å². The Morgan fingerprint density at radius 1 is 1.22 bits per heavy atom. The number of carbonyl (C=O) groups is 1. The number of hydrogen-bond acceptors (Lipinski definition) is 4. The highest BCUT2D eigenvalue weighted by molar-refractivity contribution is 8.00. The first-order valence-corrected chi connectivity index (χ1v) is 10.2. The molecule has 0 aliphatic heterocycles. The second kappa shape index (κ2) is 8.05. The fourth-order valence-corrected chi connectivity index (χ4v) is 4.37. The van der Waals surface area contributed by atoms with Gasteiger partial charge in [0.2, 0.25) is 5.91 Å². The zero-order valence-corrected chi connectivity index (χ0v) is 16.2. The number of nitrogens with one attached hydrogen (secondary N) is 1. The van der Waals surface area contributed by atoms with E-state index in [0.717, 1.165) is 29.4 Å². The van der Waals surface area contributed by atoms with Crippen molar-refractivity contribution in [1.82, 2.24) is 14.9 Å². The molecule has 0 saturated heterocycles. The minimum absolute atomic E-state index is 0.0167. The lowest BCUT2D eigenvalue weighted by molar-refractivity contribution is -0.120. The van der Waals surface area contributed by atoms with Crippen LogP contribution in [0.3, 0.4) is 0 Å². The number of carbonyl (C=O) groups excluding carboxylic acids is 1. The molecule has 3 aromatic rings. The van der Waals surface area contributed by atoms with E-state index in [2.05, 4.69) is 22.0 Å². The Bertz CT molecular complexity index is 903. The SMILES string of the molecule is C[C@@H](Sc1nc2c(n1-c1ccccc1)CCCC2)C(=O)NCc1ccco1. The molecule has 1 N–H and O–H groups in total. The highest BCUT2D eigenvalue weighted by atomic mass is 32.2. The fourth-order valence-electron chi connectivity index (χ4n) is 3.38. The summed E-state index contributed by atoms with van der Waals surface area (Å²) in [6.45, 7) is 2.32. The number of benzene rings is 1. The molecule has 2 aromatic heterocycles. The van der Waals surface area contributed by atoms with Crippen molar-refractivity contribution in [2.45, 2.75) is 49.6 Å². The predicted octanol–water partition coefficient (Wildman–Crippen LogP) is 4.14. The number of fused-ring (bicyclic) bond motifs is 1. The third-order valence-electron chi connectivity index (χ3n) is 4.78. The summed E-state index contributed by atoms with van der Waals surface area (Å²) in [4.78, 5) is 17.4. The van der Waals surface area contributed by atoms with E-state index in [9.17, 15) is 4.79 Å². The van der Waals surface area contributed by atoms with Crippen molar-refractivity contribution < 1.29 is 9.21 Å². The quantitative estimate of drug-likeness (QED) is 0.652. The molecule has 2 heterocycles. The molecule has 4 rings (SSSR count). The Hall–Kier alpha value is -2.47. The molecule has 0 unspecified atom stereocenters. The average molecular weight is 382 g/mol. The first-order chi connectivity index (χ1) is 13.2. The topological polar surface area (TPSA) is 60.1 Å². The van der Waals surface area contributed by atoms with Gasteiger partial charge in [-0.15, -0.1) is 0 Å². The number of para-hydroxylation sites is 1. The first kappa shape index (κ1) is 17.9. The third kappa shape index (κ3) is 3.95. The zero-order valence-electron chi connectivity index (χ0n) is 15.4. The van der Waals surface area contributed by atoms with E-state index in [1.165, 1.54) is 36.0 Å². The Labute approximate surface area is 163 Å². The lowest BCUT2D eigenvalue weighted by Crippen LogP contribution is -2.30. The summed E-state index contributed by atoms with van der Waals surface area (Å²) in [5, 5.41) is 3.59. The van der Waals surface area contributed by atoms with Gasteiger partial charge in [0.15, 0.2) is 5.16 Å². The molecule has 0 spiro atoms. The molecule has 1 aliphatic carbocycles. The number of hydrogen-bond donors (Lipinski definition) is 1. The monoisotopic (exact) mass is 381 g/mol. The molecule has 6 heteroatoms. The summed E-state index contributed by atoms with van der Waals surface area (Å²) in [5.74, 6) is 0.735. The van der Waals surface area contributed by atoms with Gasteiger partial charge in [-0.1, -0.05) is 30.0 Å². The van der Waals surface area contributed by atoms with Crippen LogP contribution < -0.4 is 5.32 Å². The van der Waals surface area contributed by atoms with Gasteiger partial charge < -0.3 is 9.73 Å². The van der Waals surface area contributed by atoms with E-state index in [1.807, 2.05) is 37.3 Å². The van der Waals surface area contributed by atoms with E-state index < -0.39 is 0 Å². The van der Waals surface area contributed by atoms with Crippen LogP contribution >= 0.6 is 11.8 Å². The molecule has 1 aliphatic rings. The second-order valence-corrected chi connectivity index (χ2v) is 8.03. The van der Waals surface area contributed by atoms with Gasteiger partial charge in [-0.2, -0.15) is 0 Å². The van der Waals surface area contributed by atoms with Crippen LogP contribution in [-0.2, 0) is 24.2 Å². The largest absolute Gasteiger partial charge is 0.467 e. The zero-order chi connectivity index (χ0) is 18.6. The van der Waals surface area contributed by atoms with E-state index in [0.29, 0.717) is 6.54 Å². The van der Waals surface area contributed by atoms with Crippen LogP contribution in [-0.4, -0.2) is 20.7 Å². The Kier molecular flexibility index (Phi) is 5.34. The lowest BCUT2D eigenvalue weighted by Gasteiger charge is -2.16. The van der Waals surface area contributed by atoms with Crippen LogP contribution in [0.4, 0.5) is 0 Å². The smallest absolute Gasteiger partial charge is 0.233 e. The number of rotatable bonds is 6. The van der Waals surface area contributed by atoms with E-state index >= 15 is 0 Å². The van der Waals surface area contributed by atoms with Gasteiger partial charge in [0.25, 0.3) is 0 Å². The van der Waals surface area contributed by atoms with Crippen molar-refractivity contribution in [3.8, 4) is 5.69 Å².